The van der Waals surface area contributed by atoms with Gasteiger partial charge in [0.1, 0.15) is 5.75 Å². The zero-order valence-electron chi connectivity index (χ0n) is 10.4. The molecule has 2 unspecified atom stereocenters. The van der Waals surface area contributed by atoms with Gasteiger partial charge in [-0.2, -0.15) is 0 Å². The number of ether oxygens (including phenoxy) is 1. The average Bonchev–Trinajstić information content (AvgIpc) is 2.26. The second kappa shape index (κ2) is 6.54. The van der Waals surface area contributed by atoms with Crippen LogP contribution in [0.3, 0.4) is 0 Å². The van der Waals surface area contributed by atoms with Gasteiger partial charge in [-0.05, 0) is 43.4 Å². The number of benzene rings is 1. The van der Waals surface area contributed by atoms with Gasteiger partial charge in [0.2, 0.25) is 0 Å². The molecule has 0 bridgehead atoms. The van der Waals surface area contributed by atoms with Crippen LogP contribution in [-0.4, -0.2) is 17.8 Å². The van der Waals surface area contributed by atoms with Gasteiger partial charge in [-0.15, -0.1) is 0 Å². The molecule has 0 aliphatic carbocycles. The first-order valence-electron chi connectivity index (χ1n) is 6.04. The number of hydrogen-bond donors (Lipinski definition) is 1. The van der Waals surface area contributed by atoms with Crippen molar-refractivity contribution in [1.82, 2.24) is 0 Å². The molecule has 1 rings (SSSR count). The molecular formula is C14H22O2. The molecular weight excluding hydrogens is 200 g/mol. The molecule has 0 saturated heterocycles. The first-order valence-corrected chi connectivity index (χ1v) is 6.04. The molecule has 2 atom stereocenters. The van der Waals surface area contributed by atoms with Gasteiger partial charge < -0.3 is 9.84 Å². The highest BCUT2D eigenvalue weighted by Crippen LogP contribution is 2.23. The molecule has 0 radical (unpaired) electrons. The lowest BCUT2D eigenvalue weighted by Gasteiger charge is -2.14. The lowest BCUT2D eigenvalue weighted by Crippen LogP contribution is -2.05. The van der Waals surface area contributed by atoms with Crippen LogP contribution < -0.4 is 4.74 Å². The van der Waals surface area contributed by atoms with E-state index in [1.54, 1.807) is 0 Å². The van der Waals surface area contributed by atoms with E-state index < -0.39 is 0 Å². The van der Waals surface area contributed by atoms with E-state index in [0.29, 0.717) is 5.92 Å². The second-order valence-corrected chi connectivity index (χ2v) is 4.40. The first kappa shape index (κ1) is 13.0. The lowest BCUT2D eigenvalue weighted by molar-refractivity contribution is 0.176. The number of rotatable bonds is 6. The monoisotopic (exact) mass is 222 g/mol. The van der Waals surface area contributed by atoms with Gasteiger partial charge in [0, 0.05) is 0 Å². The largest absolute Gasteiger partial charge is 0.494 e. The second-order valence-electron chi connectivity index (χ2n) is 4.40. The minimum absolute atomic E-state index is 0.244. The van der Waals surface area contributed by atoms with E-state index in [4.69, 9.17) is 4.74 Å². The third-order valence-electron chi connectivity index (χ3n) is 2.62. The Kier molecular flexibility index (Phi) is 5.33. The summed E-state index contributed by atoms with van der Waals surface area (Å²) in [4.78, 5) is 0. The Hall–Kier alpha value is -1.02. The summed E-state index contributed by atoms with van der Waals surface area (Å²) in [6.07, 6.45) is 1.58. The Morgan fingerprint density at radius 1 is 1.19 bits per heavy atom. The lowest BCUT2D eigenvalue weighted by atomic mass is 9.95. The van der Waals surface area contributed by atoms with Gasteiger partial charge in [0.05, 0.1) is 12.7 Å². The van der Waals surface area contributed by atoms with Crippen LogP contribution in [0.4, 0.5) is 0 Å². The zero-order chi connectivity index (χ0) is 12.0. The molecule has 1 aromatic carbocycles. The SMILES string of the molecule is CCCOc1ccc(C(C)CC(C)O)cc1. The molecule has 0 aliphatic rings. The standard InChI is InChI=1S/C14H22O2/c1-4-9-16-14-7-5-13(6-8-14)11(2)10-12(3)15/h5-8,11-12,15H,4,9-10H2,1-3H3. The summed E-state index contributed by atoms with van der Waals surface area (Å²) in [5.74, 6) is 1.31. The third-order valence-corrected chi connectivity index (χ3v) is 2.62. The number of aliphatic hydroxyl groups excluding tert-OH is 1. The van der Waals surface area contributed by atoms with Crippen LogP contribution in [0, 0.1) is 0 Å². The number of hydrogen-bond acceptors (Lipinski definition) is 2. The summed E-state index contributed by atoms with van der Waals surface area (Å²) in [5, 5.41) is 9.33. The summed E-state index contributed by atoms with van der Waals surface area (Å²) >= 11 is 0. The van der Waals surface area contributed by atoms with Crippen molar-refractivity contribution in [3.8, 4) is 5.75 Å². The van der Waals surface area contributed by atoms with Crippen LogP contribution in [-0.2, 0) is 0 Å². The van der Waals surface area contributed by atoms with Crippen LogP contribution in [0.15, 0.2) is 24.3 Å². The molecule has 0 aromatic heterocycles. The van der Waals surface area contributed by atoms with Gasteiger partial charge in [-0.3, -0.25) is 0 Å². The quantitative estimate of drug-likeness (QED) is 0.799. The van der Waals surface area contributed by atoms with Crippen molar-refractivity contribution in [3.63, 3.8) is 0 Å². The molecule has 0 heterocycles. The summed E-state index contributed by atoms with van der Waals surface area (Å²) in [6, 6.07) is 8.17. The maximum absolute atomic E-state index is 9.33. The van der Waals surface area contributed by atoms with E-state index in [1.165, 1.54) is 5.56 Å². The Bertz CT molecular complexity index is 290. The van der Waals surface area contributed by atoms with Gasteiger partial charge in [-0.1, -0.05) is 26.0 Å². The van der Waals surface area contributed by atoms with Crippen molar-refractivity contribution in [2.75, 3.05) is 6.61 Å². The van der Waals surface area contributed by atoms with Crippen LogP contribution in [0.25, 0.3) is 0 Å². The fraction of sp³-hybridized carbons (Fsp3) is 0.571. The van der Waals surface area contributed by atoms with Crippen LogP contribution in [0.5, 0.6) is 5.75 Å². The molecule has 0 fully saturated rings. The predicted octanol–water partition coefficient (Wildman–Crippen LogP) is 3.35. The van der Waals surface area contributed by atoms with Crippen molar-refractivity contribution in [2.24, 2.45) is 0 Å². The molecule has 16 heavy (non-hydrogen) atoms. The predicted molar refractivity (Wildman–Crippen MR) is 66.9 cm³/mol. The van der Waals surface area contributed by atoms with Crippen molar-refractivity contribution >= 4 is 0 Å². The highest BCUT2D eigenvalue weighted by atomic mass is 16.5. The molecule has 2 nitrogen and oxygen atoms in total. The smallest absolute Gasteiger partial charge is 0.119 e. The van der Waals surface area contributed by atoms with E-state index in [9.17, 15) is 5.11 Å². The van der Waals surface area contributed by atoms with Gasteiger partial charge in [0.15, 0.2) is 0 Å². The summed E-state index contributed by atoms with van der Waals surface area (Å²) in [5.41, 5.74) is 1.25. The van der Waals surface area contributed by atoms with Gasteiger partial charge >= 0.3 is 0 Å². The van der Waals surface area contributed by atoms with Crippen LogP contribution >= 0.6 is 0 Å². The number of aliphatic hydroxyl groups is 1. The third kappa shape index (κ3) is 4.23. The van der Waals surface area contributed by atoms with Crippen molar-refractivity contribution in [2.45, 2.75) is 45.6 Å². The van der Waals surface area contributed by atoms with Gasteiger partial charge in [-0.25, -0.2) is 0 Å². The summed E-state index contributed by atoms with van der Waals surface area (Å²) < 4.78 is 5.52. The average molecular weight is 222 g/mol. The molecule has 0 spiro atoms. The molecule has 2 heteroatoms. The highest BCUT2D eigenvalue weighted by molar-refractivity contribution is 5.29. The molecule has 0 aliphatic heterocycles. The maximum Gasteiger partial charge on any atom is 0.119 e. The Morgan fingerprint density at radius 2 is 1.81 bits per heavy atom. The first-order chi connectivity index (χ1) is 7.63. The van der Waals surface area contributed by atoms with E-state index in [1.807, 2.05) is 19.1 Å². The molecule has 0 saturated carbocycles. The highest BCUT2D eigenvalue weighted by Gasteiger charge is 2.08. The topological polar surface area (TPSA) is 29.5 Å². The Morgan fingerprint density at radius 3 is 2.31 bits per heavy atom. The molecule has 1 N–H and O–H groups in total. The minimum Gasteiger partial charge on any atom is -0.494 e. The molecule has 1 aromatic rings. The fourth-order valence-corrected chi connectivity index (χ4v) is 1.76. The van der Waals surface area contributed by atoms with Crippen molar-refractivity contribution in [1.29, 1.82) is 0 Å². The zero-order valence-corrected chi connectivity index (χ0v) is 10.4. The van der Waals surface area contributed by atoms with E-state index in [0.717, 1.165) is 25.2 Å². The Balaban J connectivity index is 2.56. The van der Waals surface area contributed by atoms with Crippen molar-refractivity contribution < 1.29 is 9.84 Å². The fourth-order valence-electron chi connectivity index (χ4n) is 1.76. The van der Waals surface area contributed by atoms with E-state index in [-0.39, 0.29) is 6.10 Å². The summed E-state index contributed by atoms with van der Waals surface area (Å²) in [6.45, 7) is 6.82. The van der Waals surface area contributed by atoms with E-state index in [2.05, 4.69) is 26.0 Å². The normalized spacial score (nSPS) is 14.5. The van der Waals surface area contributed by atoms with Crippen molar-refractivity contribution in [3.05, 3.63) is 29.8 Å². The van der Waals surface area contributed by atoms with Crippen LogP contribution in [0.1, 0.15) is 45.1 Å². The van der Waals surface area contributed by atoms with Gasteiger partial charge in [0.25, 0.3) is 0 Å². The van der Waals surface area contributed by atoms with Crippen LogP contribution in [0.2, 0.25) is 0 Å². The minimum atomic E-state index is -0.244. The summed E-state index contributed by atoms with van der Waals surface area (Å²) in [7, 11) is 0. The Labute approximate surface area is 98.3 Å². The molecule has 90 valence electrons. The van der Waals surface area contributed by atoms with E-state index >= 15 is 0 Å². The maximum atomic E-state index is 9.33. The molecule has 0 amide bonds.